The highest BCUT2D eigenvalue weighted by Crippen LogP contribution is 2.20. The first kappa shape index (κ1) is 16.1. The number of hydrogen-bond donors (Lipinski definition) is 2. The summed E-state index contributed by atoms with van der Waals surface area (Å²) in [6.07, 6.45) is 1.17. The van der Waals surface area contributed by atoms with E-state index in [0.29, 0.717) is 24.5 Å². The topological polar surface area (TPSA) is 71.7 Å². The van der Waals surface area contributed by atoms with Crippen molar-refractivity contribution in [1.29, 1.82) is 0 Å². The Morgan fingerprint density at radius 2 is 1.96 bits per heavy atom. The molecule has 0 aliphatic rings. The van der Waals surface area contributed by atoms with Gasteiger partial charge in [0.2, 0.25) is 0 Å². The van der Waals surface area contributed by atoms with Crippen molar-refractivity contribution in [2.75, 3.05) is 13.2 Å². The van der Waals surface area contributed by atoms with Crippen LogP contribution in [0, 0.1) is 0 Å². The van der Waals surface area contributed by atoms with Crippen molar-refractivity contribution in [3.63, 3.8) is 0 Å². The second-order valence-corrected chi connectivity index (χ2v) is 5.47. The van der Waals surface area contributed by atoms with Crippen LogP contribution < -0.4 is 10.1 Å². The highest BCUT2D eigenvalue weighted by Gasteiger charge is 2.11. The number of furan rings is 1. The van der Waals surface area contributed by atoms with E-state index in [1.54, 1.807) is 12.1 Å². The van der Waals surface area contributed by atoms with E-state index in [-0.39, 0.29) is 12.5 Å². The Hall–Kier alpha value is -2.79. The van der Waals surface area contributed by atoms with Gasteiger partial charge >= 0.3 is 0 Å². The second kappa shape index (κ2) is 7.66. The van der Waals surface area contributed by atoms with E-state index in [1.807, 2.05) is 42.5 Å². The van der Waals surface area contributed by atoms with E-state index in [0.717, 1.165) is 10.8 Å². The van der Waals surface area contributed by atoms with E-state index < -0.39 is 6.10 Å². The first-order chi connectivity index (χ1) is 11.7. The van der Waals surface area contributed by atoms with Gasteiger partial charge in [-0.25, -0.2) is 0 Å². The van der Waals surface area contributed by atoms with E-state index >= 15 is 0 Å². The molecule has 0 fully saturated rings. The molecular weight excluding hydrogens is 306 g/mol. The van der Waals surface area contributed by atoms with Crippen LogP contribution in [-0.2, 0) is 4.79 Å². The molecule has 2 aromatic carbocycles. The molecule has 0 unspecified atom stereocenters. The molecule has 0 aliphatic carbocycles. The maximum Gasteiger partial charge on any atom is 0.257 e. The summed E-state index contributed by atoms with van der Waals surface area (Å²) in [4.78, 5) is 11.8. The molecule has 1 amide bonds. The van der Waals surface area contributed by atoms with Gasteiger partial charge < -0.3 is 19.6 Å². The van der Waals surface area contributed by atoms with Gasteiger partial charge in [0.05, 0.1) is 6.26 Å². The highest BCUT2D eigenvalue weighted by molar-refractivity contribution is 5.84. The summed E-state index contributed by atoms with van der Waals surface area (Å²) < 4.78 is 10.6. The van der Waals surface area contributed by atoms with Crippen LogP contribution in [0.3, 0.4) is 0 Å². The van der Waals surface area contributed by atoms with Gasteiger partial charge in [-0.05, 0) is 41.5 Å². The molecule has 124 valence electrons. The maximum absolute atomic E-state index is 11.8. The molecule has 5 heteroatoms. The van der Waals surface area contributed by atoms with Gasteiger partial charge in [-0.2, -0.15) is 0 Å². The van der Waals surface area contributed by atoms with Crippen molar-refractivity contribution < 1.29 is 19.1 Å². The molecule has 1 aromatic heterocycles. The van der Waals surface area contributed by atoms with Crippen molar-refractivity contribution >= 4 is 16.7 Å². The van der Waals surface area contributed by atoms with Crippen molar-refractivity contribution in [2.24, 2.45) is 0 Å². The van der Waals surface area contributed by atoms with Crippen LogP contribution in [0.4, 0.5) is 0 Å². The minimum atomic E-state index is -0.721. The van der Waals surface area contributed by atoms with Crippen molar-refractivity contribution in [1.82, 2.24) is 5.32 Å². The van der Waals surface area contributed by atoms with E-state index in [2.05, 4.69) is 5.32 Å². The Labute approximate surface area is 139 Å². The summed E-state index contributed by atoms with van der Waals surface area (Å²) in [5.74, 6) is 0.922. The number of hydrogen-bond acceptors (Lipinski definition) is 4. The fourth-order valence-corrected chi connectivity index (χ4v) is 2.43. The number of benzene rings is 2. The molecule has 0 bridgehead atoms. The zero-order valence-electron chi connectivity index (χ0n) is 13.1. The molecule has 0 saturated heterocycles. The number of aliphatic hydroxyl groups is 1. The summed E-state index contributed by atoms with van der Waals surface area (Å²) >= 11 is 0. The highest BCUT2D eigenvalue weighted by atomic mass is 16.5. The van der Waals surface area contributed by atoms with Crippen LogP contribution in [0.25, 0.3) is 10.8 Å². The van der Waals surface area contributed by atoms with Crippen LogP contribution in [-0.4, -0.2) is 24.2 Å². The van der Waals surface area contributed by atoms with Crippen LogP contribution in [0.5, 0.6) is 5.75 Å². The predicted octanol–water partition coefficient (Wildman–Crippen LogP) is 3.05. The van der Waals surface area contributed by atoms with Gasteiger partial charge in [-0.3, -0.25) is 4.79 Å². The lowest BCUT2D eigenvalue weighted by atomic mass is 10.1. The summed E-state index contributed by atoms with van der Waals surface area (Å²) in [6, 6.07) is 17.1. The number of aliphatic hydroxyl groups excluding tert-OH is 1. The number of nitrogens with one attached hydrogen (secondary N) is 1. The van der Waals surface area contributed by atoms with E-state index in [1.165, 1.54) is 6.26 Å². The summed E-state index contributed by atoms with van der Waals surface area (Å²) in [6.45, 7) is 0.289. The Bertz CT molecular complexity index is 798. The molecule has 2 N–H and O–H groups in total. The SMILES string of the molecule is O=C(COc1ccc2ccccc2c1)NCC[C@@H](O)c1ccco1. The Morgan fingerprint density at radius 3 is 2.75 bits per heavy atom. The molecule has 5 nitrogen and oxygen atoms in total. The third-order valence-electron chi connectivity index (χ3n) is 3.70. The van der Waals surface area contributed by atoms with Crippen molar-refractivity contribution in [2.45, 2.75) is 12.5 Å². The molecule has 0 saturated carbocycles. The van der Waals surface area contributed by atoms with Crippen LogP contribution in [0.1, 0.15) is 18.3 Å². The number of fused-ring (bicyclic) bond motifs is 1. The molecule has 1 heterocycles. The number of rotatable bonds is 7. The third-order valence-corrected chi connectivity index (χ3v) is 3.70. The normalized spacial score (nSPS) is 12.0. The maximum atomic E-state index is 11.8. The Kier molecular flexibility index (Phi) is 5.13. The minimum Gasteiger partial charge on any atom is -0.484 e. The standard InChI is InChI=1S/C19H19NO4/c21-17(18-6-3-11-23-18)9-10-20-19(22)13-24-16-8-7-14-4-1-2-5-15(14)12-16/h1-8,11-12,17,21H,9-10,13H2,(H,20,22)/t17-/m1/s1. The van der Waals surface area contributed by atoms with Crippen molar-refractivity contribution in [3.05, 3.63) is 66.6 Å². The number of amides is 1. The smallest absolute Gasteiger partial charge is 0.257 e. The minimum absolute atomic E-state index is 0.0603. The van der Waals surface area contributed by atoms with E-state index in [9.17, 15) is 9.90 Å². The summed E-state index contributed by atoms with van der Waals surface area (Å²) in [5, 5.41) is 14.8. The zero-order chi connectivity index (χ0) is 16.8. The molecule has 3 rings (SSSR count). The average molecular weight is 325 g/mol. The second-order valence-electron chi connectivity index (χ2n) is 5.47. The van der Waals surface area contributed by atoms with E-state index in [4.69, 9.17) is 9.15 Å². The Morgan fingerprint density at radius 1 is 1.12 bits per heavy atom. The van der Waals surface area contributed by atoms with Crippen molar-refractivity contribution in [3.8, 4) is 5.75 Å². The van der Waals surface area contributed by atoms with Gasteiger partial charge in [0.1, 0.15) is 17.6 Å². The lowest BCUT2D eigenvalue weighted by Crippen LogP contribution is -2.30. The summed E-state index contributed by atoms with van der Waals surface area (Å²) in [7, 11) is 0. The number of ether oxygens (including phenoxy) is 1. The summed E-state index contributed by atoms with van der Waals surface area (Å²) in [5.41, 5.74) is 0. The first-order valence-corrected chi connectivity index (χ1v) is 7.82. The molecule has 1 atom stereocenters. The van der Waals surface area contributed by atoms with Crippen LogP contribution in [0.15, 0.2) is 65.3 Å². The van der Waals surface area contributed by atoms with Gasteiger partial charge in [0.15, 0.2) is 6.61 Å². The lowest BCUT2D eigenvalue weighted by molar-refractivity contribution is -0.123. The monoisotopic (exact) mass is 325 g/mol. The third kappa shape index (κ3) is 4.14. The largest absolute Gasteiger partial charge is 0.484 e. The molecule has 24 heavy (non-hydrogen) atoms. The van der Waals surface area contributed by atoms with Crippen LogP contribution >= 0.6 is 0 Å². The quantitative estimate of drug-likeness (QED) is 0.700. The first-order valence-electron chi connectivity index (χ1n) is 7.82. The molecule has 0 radical (unpaired) electrons. The molecule has 0 aliphatic heterocycles. The van der Waals surface area contributed by atoms with Gasteiger partial charge in [-0.15, -0.1) is 0 Å². The zero-order valence-corrected chi connectivity index (χ0v) is 13.1. The predicted molar refractivity (Wildman–Crippen MR) is 90.7 cm³/mol. The molecule has 3 aromatic rings. The fraction of sp³-hybridized carbons (Fsp3) is 0.211. The Balaban J connectivity index is 1.43. The lowest BCUT2D eigenvalue weighted by Gasteiger charge is -2.10. The van der Waals surface area contributed by atoms with Gasteiger partial charge in [0.25, 0.3) is 5.91 Å². The van der Waals surface area contributed by atoms with Gasteiger partial charge in [0, 0.05) is 6.54 Å². The molecule has 0 spiro atoms. The average Bonchev–Trinajstić information content (AvgIpc) is 3.14. The molecular formula is C19H19NO4. The number of carbonyl (C=O) groups excluding carboxylic acids is 1. The fourth-order valence-electron chi connectivity index (χ4n) is 2.43. The number of carbonyl (C=O) groups is 1. The van der Waals surface area contributed by atoms with Gasteiger partial charge in [-0.1, -0.05) is 30.3 Å². The van der Waals surface area contributed by atoms with Crippen LogP contribution in [0.2, 0.25) is 0 Å².